The van der Waals surface area contributed by atoms with Gasteiger partial charge < -0.3 is 0 Å². The van der Waals surface area contributed by atoms with Crippen molar-refractivity contribution >= 4 is 11.7 Å². The van der Waals surface area contributed by atoms with Gasteiger partial charge in [-0.05, 0) is 36.8 Å². The molecule has 0 unspecified atom stereocenters. The van der Waals surface area contributed by atoms with E-state index in [0.29, 0.717) is 12.0 Å². The van der Waals surface area contributed by atoms with Gasteiger partial charge in [0.25, 0.3) is 5.91 Å². The molecule has 1 aromatic rings. The third-order valence-corrected chi connectivity index (χ3v) is 4.77. The van der Waals surface area contributed by atoms with Crippen LogP contribution in [-0.4, -0.2) is 17.7 Å². The van der Waals surface area contributed by atoms with Crippen LogP contribution in [0, 0.1) is 17.3 Å². The summed E-state index contributed by atoms with van der Waals surface area (Å²) in [6.45, 7) is 8.34. The van der Waals surface area contributed by atoms with Crippen LogP contribution in [0.15, 0.2) is 42.5 Å². The number of ketones is 1. The number of nitrogens with one attached hydrogen (secondary N) is 2. The molecule has 4 heteroatoms. The molecule has 4 nitrogen and oxygen atoms in total. The number of hydrogen-bond donors (Lipinski definition) is 2. The number of allylic oxidation sites excluding steroid dienone is 2. The van der Waals surface area contributed by atoms with Crippen molar-refractivity contribution in [2.45, 2.75) is 46.6 Å². The van der Waals surface area contributed by atoms with Gasteiger partial charge in [-0.1, -0.05) is 51.1 Å². The molecule has 2 N–H and O–H groups in total. The van der Waals surface area contributed by atoms with Crippen molar-refractivity contribution in [1.82, 2.24) is 10.9 Å². The lowest BCUT2D eigenvalue weighted by molar-refractivity contribution is -0.128. The molecule has 1 amide bonds. The lowest BCUT2D eigenvalue weighted by Gasteiger charge is -2.39. The number of hydrogen-bond acceptors (Lipinski definition) is 3. The molecular weight excluding hydrogens is 300 g/mol. The van der Waals surface area contributed by atoms with E-state index in [4.69, 9.17) is 0 Å². The molecule has 0 radical (unpaired) electrons. The largest absolute Gasteiger partial charge is 0.299 e. The molecule has 3 atom stereocenters. The summed E-state index contributed by atoms with van der Waals surface area (Å²) in [5, 5.41) is 0. The van der Waals surface area contributed by atoms with Gasteiger partial charge in [-0.3, -0.25) is 15.0 Å². The molecule has 0 aromatic heterocycles. The van der Waals surface area contributed by atoms with Gasteiger partial charge in [0.15, 0.2) is 0 Å². The van der Waals surface area contributed by atoms with Crippen LogP contribution < -0.4 is 10.9 Å². The van der Waals surface area contributed by atoms with Crippen LogP contribution in [0.5, 0.6) is 0 Å². The number of hydrazine groups is 1. The zero-order valence-electron chi connectivity index (χ0n) is 15.0. The Morgan fingerprint density at radius 1 is 1.25 bits per heavy atom. The molecule has 130 valence electrons. The third-order valence-electron chi connectivity index (χ3n) is 4.77. The third kappa shape index (κ3) is 4.54. The van der Waals surface area contributed by atoms with Crippen LogP contribution in [0.25, 0.3) is 0 Å². The summed E-state index contributed by atoms with van der Waals surface area (Å²) < 4.78 is 0. The van der Waals surface area contributed by atoms with E-state index in [1.807, 2.05) is 25.1 Å². The fourth-order valence-corrected chi connectivity index (χ4v) is 3.60. The molecule has 0 aliphatic heterocycles. The summed E-state index contributed by atoms with van der Waals surface area (Å²) in [5.74, 6) is 0.346. The molecule has 0 fully saturated rings. The zero-order chi connectivity index (χ0) is 17.7. The maximum absolute atomic E-state index is 12.8. The Morgan fingerprint density at radius 3 is 2.54 bits per heavy atom. The highest BCUT2D eigenvalue weighted by Gasteiger charge is 2.39. The number of amides is 1. The van der Waals surface area contributed by atoms with Gasteiger partial charge in [-0.15, -0.1) is 0 Å². The van der Waals surface area contributed by atoms with E-state index < -0.39 is 0 Å². The van der Waals surface area contributed by atoms with Gasteiger partial charge in [0.2, 0.25) is 0 Å². The maximum Gasteiger partial charge on any atom is 0.265 e. The van der Waals surface area contributed by atoms with E-state index in [0.717, 1.165) is 6.42 Å². The number of rotatable bonds is 6. The molecule has 24 heavy (non-hydrogen) atoms. The van der Waals surface area contributed by atoms with Gasteiger partial charge in [-0.25, -0.2) is 5.43 Å². The Balaban J connectivity index is 1.88. The molecular formula is C20H28N2O2. The van der Waals surface area contributed by atoms with E-state index in [1.54, 1.807) is 12.1 Å². The van der Waals surface area contributed by atoms with E-state index >= 15 is 0 Å². The summed E-state index contributed by atoms with van der Waals surface area (Å²) in [7, 11) is 0. The van der Waals surface area contributed by atoms with Crippen molar-refractivity contribution in [1.29, 1.82) is 0 Å². The number of carbonyl (C=O) groups is 2. The van der Waals surface area contributed by atoms with Crippen molar-refractivity contribution in [3.8, 4) is 0 Å². The van der Waals surface area contributed by atoms with Crippen LogP contribution in [-0.2, 0) is 4.79 Å². The lowest BCUT2D eigenvalue weighted by Crippen LogP contribution is -2.46. The molecule has 1 aliphatic rings. The molecule has 1 aromatic carbocycles. The standard InChI is InChI=1S/C20H28N2O2/c1-14-9-8-12-20(3,4)18(14)17(23)13-15(2)21-22-19(24)16-10-6-5-7-11-16/h5-11,14-15,18,21H,12-13H2,1-4H3,(H,22,24)/t14-,15-,18+/m1/s1. The minimum absolute atomic E-state index is 0.0156. The van der Waals surface area contributed by atoms with E-state index in [1.165, 1.54) is 0 Å². The minimum Gasteiger partial charge on any atom is -0.299 e. The normalized spacial score (nSPS) is 23.5. The van der Waals surface area contributed by atoms with Crippen LogP contribution in [0.2, 0.25) is 0 Å². The number of benzene rings is 1. The minimum atomic E-state index is -0.191. The average Bonchev–Trinajstić information content (AvgIpc) is 2.52. The Labute approximate surface area is 144 Å². The summed E-state index contributed by atoms with van der Waals surface area (Å²) in [6, 6.07) is 8.91. The van der Waals surface area contributed by atoms with Crippen LogP contribution >= 0.6 is 0 Å². The van der Waals surface area contributed by atoms with Crippen molar-refractivity contribution in [2.75, 3.05) is 0 Å². The van der Waals surface area contributed by atoms with Gasteiger partial charge in [-0.2, -0.15) is 0 Å². The Bertz CT molecular complexity index is 607. The zero-order valence-corrected chi connectivity index (χ0v) is 15.0. The lowest BCUT2D eigenvalue weighted by atomic mass is 9.65. The Morgan fingerprint density at radius 2 is 1.92 bits per heavy atom. The summed E-state index contributed by atoms with van der Waals surface area (Å²) in [6.07, 6.45) is 5.65. The van der Waals surface area contributed by atoms with E-state index in [-0.39, 0.29) is 35.0 Å². The highest BCUT2D eigenvalue weighted by molar-refractivity contribution is 5.93. The maximum atomic E-state index is 12.8. The fourth-order valence-electron chi connectivity index (χ4n) is 3.60. The molecule has 1 aliphatic carbocycles. The average molecular weight is 328 g/mol. The Hall–Kier alpha value is -1.94. The highest BCUT2D eigenvalue weighted by Crippen LogP contribution is 2.41. The first-order chi connectivity index (χ1) is 11.3. The second kappa shape index (κ2) is 7.75. The molecule has 0 bridgehead atoms. The predicted octanol–water partition coefficient (Wildman–Crippen LogP) is 3.51. The SMILES string of the molecule is C[C@H](CC(=O)[C@@H]1[C@H](C)C=CCC1(C)C)NNC(=O)c1ccccc1. The van der Waals surface area contributed by atoms with Crippen molar-refractivity contribution in [2.24, 2.45) is 17.3 Å². The van der Waals surface area contributed by atoms with Crippen molar-refractivity contribution in [3.05, 3.63) is 48.0 Å². The summed E-state index contributed by atoms with van der Waals surface area (Å²) in [5.41, 5.74) is 6.22. The second-order valence-electron chi connectivity index (χ2n) is 7.49. The predicted molar refractivity (Wildman–Crippen MR) is 96.3 cm³/mol. The second-order valence-corrected chi connectivity index (χ2v) is 7.49. The molecule has 0 saturated heterocycles. The molecule has 0 spiro atoms. The first-order valence-corrected chi connectivity index (χ1v) is 8.61. The Kier molecular flexibility index (Phi) is 5.94. The van der Waals surface area contributed by atoms with Crippen LogP contribution in [0.3, 0.4) is 0 Å². The molecule has 0 saturated carbocycles. The smallest absolute Gasteiger partial charge is 0.265 e. The molecule has 0 heterocycles. The van der Waals surface area contributed by atoms with Gasteiger partial charge in [0.05, 0.1) is 0 Å². The van der Waals surface area contributed by atoms with Gasteiger partial charge in [0, 0.05) is 23.9 Å². The number of Topliss-reactive ketones (excluding diaryl/α,β-unsaturated/α-hetero) is 1. The fraction of sp³-hybridized carbons (Fsp3) is 0.500. The summed E-state index contributed by atoms with van der Waals surface area (Å²) in [4.78, 5) is 24.8. The first-order valence-electron chi connectivity index (χ1n) is 8.61. The highest BCUT2D eigenvalue weighted by atomic mass is 16.2. The number of carbonyl (C=O) groups excluding carboxylic acids is 2. The topological polar surface area (TPSA) is 58.2 Å². The van der Waals surface area contributed by atoms with E-state index in [2.05, 4.69) is 43.8 Å². The quantitative estimate of drug-likeness (QED) is 0.620. The first kappa shape index (κ1) is 18.4. The van der Waals surface area contributed by atoms with E-state index in [9.17, 15) is 9.59 Å². The van der Waals surface area contributed by atoms with Crippen LogP contribution in [0.4, 0.5) is 0 Å². The molecule has 2 rings (SSSR count). The van der Waals surface area contributed by atoms with Crippen molar-refractivity contribution < 1.29 is 9.59 Å². The van der Waals surface area contributed by atoms with Gasteiger partial charge >= 0.3 is 0 Å². The summed E-state index contributed by atoms with van der Waals surface area (Å²) >= 11 is 0. The van der Waals surface area contributed by atoms with Crippen molar-refractivity contribution in [3.63, 3.8) is 0 Å². The van der Waals surface area contributed by atoms with Crippen LogP contribution in [0.1, 0.15) is 50.9 Å². The monoisotopic (exact) mass is 328 g/mol. The van der Waals surface area contributed by atoms with Gasteiger partial charge in [0.1, 0.15) is 5.78 Å².